The fourth-order valence-corrected chi connectivity index (χ4v) is 1.57. The van der Waals surface area contributed by atoms with Crippen LogP contribution in [0, 0.1) is 0 Å². The maximum atomic E-state index is 11.4. The number of methoxy groups -OCH3 is 1. The molecule has 1 heterocycles. The van der Waals surface area contributed by atoms with Crippen molar-refractivity contribution in [1.29, 1.82) is 0 Å². The van der Waals surface area contributed by atoms with Crippen LogP contribution in [0.2, 0.25) is 0 Å². The first kappa shape index (κ1) is 9.58. The molecule has 0 amide bonds. The first-order valence-electron chi connectivity index (χ1n) is 4.50. The fraction of sp³-hybridized carbons (Fsp3) is 0.182. The summed E-state index contributed by atoms with van der Waals surface area (Å²) in [7, 11) is 3.19. The van der Waals surface area contributed by atoms with Crippen molar-refractivity contribution in [2.45, 2.75) is 0 Å². The molecule has 0 saturated heterocycles. The van der Waals surface area contributed by atoms with Crippen LogP contribution in [0.4, 0.5) is 0 Å². The molecule has 15 heavy (non-hydrogen) atoms. The number of ether oxygens (including phenoxy) is 1. The second kappa shape index (κ2) is 3.31. The molecule has 0 bridgehead atoms. The topological polar surface area (TPSA) is 51.5 Å². The normalized spacial score (nSPS) is 10.5. The SMILES string of the molecule is COc1ccc2c(c1)cc(O)c(=O)n2C. The zero-order chi connectivity index (χ0) is 11.0. The summed E-state index contributed by atoms with van der Waals surface area (Å²) in [5, 5.41) is 10.2. The van der Waals surface area contributed by atoms with E-state index in [9.17, 15) is 9.90 Å². The minimum absolute atomic E-state index is 0.252. The third-order valence-corrected chi connectivity index (χ3v) is 2.41. The second-order valence-electron chi connectivity index (χ2n) is 3.32. The van der Waals surface area contributed by atoms with Gasteiger partial charge < -0.3 is 14.4 Å². The van der Waals surface area contributed by atoms with E-state index in [1.54, 1.807) is 32.4 Å². The highest BCUT2D eigenvalue weighted by molar-refractivity contribution is 5.81. The van der Waals surface area contributed by atoms with E-state index < -0.39 is 5.56 Å². The average molecular weight is 205 g/mol. The molecule has 1 aromatic carbocycles. The summed E-state index contributed by atoms with van der Waals surface area (Å²) >= 11 is 0. The third-order valence-electron chi connectivity index (χ3n) is 2.41. The van der Waals surface area contributed by atoms with Gasteiger partial charge in [0.2, 0.25) is 0 Å². The molecule has 4 heteroatoms. The Morgan fingerprint density at radius 1 is 1.33 bits per heavy atom. The maximum Gasteiger partial charge on any atom is 0.292 e. The summed E-state index contributed by atoms with van der Waals surface area (Å²) in [5.74, 6) is 0.443. The minimum Gasteiger partial charge on any atom is -0.503 e. The largest absolute Gasteiger partial charge is 0.503 e. The third kappa shape index (κ3) is 1.44. The lowest BCUT2D eigenvalue weighted by Crippen LogP contribution is -2.15. The molecular weight excluding hydrogens is 194 g/mol. The second-order valence-corrected chi connectivity index (χ2v) is 3.32. The number of hydrogen-bond acceptors (Lipinski definition) is 3. The van der Waals surface area contributed by atoms with Crippen molar-refractivity contribution in [3.05, 3.63) is 34.6 Å². The molecule has 0 saturated carbocycles. The molecule has 0 atom stereocenters. The van der Waals surface area contributed by atoms with E-state index in [0.29, 0.717) is 5.75 Å². The van der Waals surface area contributed by atoms with Crippen LogP contribution in [0.15, 0.2) is 29.1 Å². The molecule has 0 aliphatic heterocycles. The molecule has 1 aromatic heterocycles. The van der Waals surface area contributed by atoms with Gasteiger partial charge in [-0.1, -0.05) is 0 Å². The highest BCUT2D eigenvalue weighted by Gasteiger charge is 2.05. The highest BCUT2D eigenvalue weighted by atomic mass is 16.5. The van der Waals surface area contributed by atoms with Crippen LogP contribution in [0.5, 0.6) is 11.5 Å². The van der Waals surface area contributed by atoms with Crippen molar-refractivity contribution in [3.63, 3.8) is 0 Å². The standard InChI is InChI=1S/C11H11NO3/c1-12-9-4-3-8(15-2)5-7(9)6-10(13)11(12)14/h3-6,13H,1-2H3. The Morgan fingerprint density at radius 3 is 2.73 bits per heavy atom. The number of fused-ring (bicyclic) bond motifs is 1. The van der Waals surface area contributed by atoms with Gasteiger partial charge in [0.15, 0.2) is 5.75 Å². The maximum absolute atomic E-state index is 11.4. The van der Waals surface area contributed by atoms with Gasteiger partial charge in [-0.25, -0.2) is 0 Å². The molecule has 0 aliphatic rings. The van der Waals surface area contributed by atoms with Crippen molar-refractivity contribution < 1.29 is 9.84 Å². The predicted octanol–water partition coefficient (Wildman–Crippen LogP) is 1.25. The monoisotopic (exact) mass is 205 g/mol. The van der Waals surface area contributed by atoms with Gasteiger partial charge in [0.05, 0.1) is 12.6 Å². The molecule has 0 spiro atoms. The number of aromatic hydroxyl groups is 1. The van der Waals surface area contributed by atoms with Crippen molar-refractivity contribution in [2.75, 3.05) is 7.11 Å². The predicted molar refractivity (Wildman–Crippen MR) is 57.4 cm³/mol. The van der Waals surface area contributed by atoms with Crippen molar-refractivity contribution in [3.8, 4) is 11.5 Å². The molecule has 0 aliphatic carbocycles. The summed E-state index contributed by atoms with van der Waals surface area (Å²) in [6.07, 6.45) is 0. The molecule has 1 N–H and O–H groups in total. The number of hydrogen-bond donors (Lipinski definition) is 1. The molecule has 2 rings (SSSR count). The zero-order valence-electron chi connectivity index (χ0n) is 8.52. The van der Waals surface area contributed by atoms with Crippen LogP contribution >= 0.6 is 0 Å². The Hall–Kier alpha value is -1.97. The van der Waals surface area contributed by atoms with E-state index >= 15 is 0 Å². The number of nitrogens with zero attached hydrogens (tertiary/aromatic N) is 1. The van der Waals surface area contributed by atoms with E-state index in [4.69, 9.17) is 4.74 Å². The number of benzene rings is 1. The molecule has 2 aromatic rings. The first-order valence-corrected chi connectivity index (χ1v) is 4.50. The molecule has 0 radical (unpaired) electrons. The first-order chi connectivity index (χ1) is 7.13. The van der Waals surface area contributed by atoms with Gasteiger partial charge in [-0.05, 0) is 24.3 Å². The van der Waals surface area contributed by atoms with Crippen LogP contribution in [-0.2, 0) is 7.05 Å². The highest BCUT2D eigenvalue weighted by Crippen LogP contribution is 2.21. The van der Waals surface area contributed by atoms with Gasteiger partial charge in [-0.3, -0.25) is 4.79 Å². The molecule has 0 unspecified atom stereocenters. The van der Waals surface area contributed by atoms with Crippen molar-refractivity contribution in [1.82, 2.24) is 4.57 Å². The van der Waals surface area contributed by atoms with Crippen molar-refractivity contribution in [2.24, 2.45) is 7.05 Å². The fourth-order valence-electron chi connectivity index (χ4n) is 1.57. The summed E-state index contributed by atoms with van der Waals surface area (Å²) in [6, 6.07) is 6.78. The lowest BCUT2D eigenvalue weighted by Gasteiger charge is -2.07. The number of rotatable bonds is 1. The van der Waals surface area contributed by atoms with Gasteiger partial charge in [0.1, 0.15) is 5.75 Å². The summed E-state index contributed by atoms with van der Waals surface area (Å²) in [5.41, 5.74) is 0.367. The summed E-state index contributed by atoms with van der Waals surface area (Å²) in [4.78, 5) is 11.4. The summed E-state index contributed by atoms with van der Waals surface area (Å²) < 4.78 is 6.47. The van der Waals surface area contributed by atoms with E-state index in [0.717, 1.165) is 10.9 Å². The zero-order valence-corrected chi connectivity index (χ0v) is 8.52. The minimum atomic E-state index is -0.396. The lowest BCUT2D eigenvalue weighted by atomic mass is 10.2. The lowest BCUT2D eigenvalue weighted by molar-refractivity contribution is 0.415. The Bertz CT molecular complexity index is 572. The van der Waals surface area contributed by atoms with Crippen LogP contribution in [0.3, 0.4) is 0 Å². The Balaban J connectivity index is 2.86. The van der Waals surface area contributed by atoms with Crippen LogP contribution in [-0.4, -0.2) is 16.8 Å². The number of pyridine rings is 1. The van der Waals surface area contributed by atoms with E-state index in [-0.39, 0.29) is 5.75 Å². The average Bonchev–Trinajstić information content (AvgIpc) is 2.25. The Labute approximate surface area is 86.3 Å². The summed E-state index contributed by atoms with van der Waals surface area (Å²) in [6.45, 7) is 0. The number of aromatic nitrogens is 1. The van der Waals surface area contributed by atoms with E-state index in [2.05, 4.69) is 0 Å². The van der Waals surface area contributed by atoms with Gasteiger partial charge in [-0.2, -0.15) is 0 Å². The van der Waals surface area contributed by atoms with Gasteiger partial charge >= 0.3 is 0 Å². The van der Waals surface area contributed by atoms with Crippen LogP contribution in [0.25, 0.3) is 10.9 Å². The van der Waals surface area contributed by atoms with E-state index in [1.165, 1.54) is 10.6 Å². The van der Waals surface area contributed by atoms with E-state index in [1.807, 2.05) is 0 Å². The van der Waals surface area contributed by atoms with Gasteiger partial charge in [0.25, 0.3) is 5.56 Å². The van der Waals surface area contributed by atoms with Crippen LogP contribution in [0.1, 0.15) is 0 Å². The number of aryl methyl sites for hydroxylation is 1. The van der Waals surface area contributed by atoms with Gasteiger partial charge in [0, 0.05) is 12.4 Å². The smallest absolute Gasteiger partial charge is 0.292 e. The Morgan fingerprint density at radius 2 is 2.07 bits per heavy atom. The molecule has 0 fully saturated rings. The molecule has 4 nitrogen and oxygen atoms in total. The quantitative estimate of drug-likeness (QED) is 0.762. The van der Waals surface area contributed by atoms with Crippen LogP contribution < -0.4 is 10.3 Å². The van der Waals surface area contributed by atoms with Crippen molar-refractivity contribution >= 4 is 10.9 Å². The Kier molecular flexibility index (Phi) is 2.11. The molecular formula is C11H11NO3. The van der Waals surface area contributed by atoms with Gasteiger partial charge in [-0.15, -0.1) is 0 Å². The molecule has 78 valence electrons.